The summed E-state index contributed by atoms with van der Waals surface area (Å²) in [6.07, 6.45) is 0.891. The van der Waals surface area contributed by atoms with E-state index in [4.69, 9.17) is 33.0 Å². The van der Waals surface area contributed by atoms with E-state index in [1.54, 1.807) is 30.3 Å². The van der Waals surface area contributed by atoms with Gasteiger partial charge in [-0.2, -0.15) is 0 Å². The molecule has 0 bridgehead atoms. The van der Waals surface area contributed by atoms with Crippen molar-refractivity contribution in [2.45, 2.75) is 26.4 Å². The largest absolute Gasteiger partial charge is 0.492 e. The Hall–Kier alpha value is -1.75. The average Bonchev–Trinajstić information content (AvgIpc) is 2.54. The fourth-order valence-corrected chi connectivity index (χ4v) is 2.81. The van der Waals surface area contributed by atoms with Gasteiger partial charge in [0.1, 0.15) is 5.75 Å². The Balaban J connectivity index is 2.01. The third-order valence-electron chi connectivity index (χ3n) is 3.38. The number of carboxylic acids is 1. The molecule has 0 saturated heterocycles. The van der Waals surface area contributed by atoms with Crippen molar-refractivity contribution in [2.75, 3.05) is 6.61 Å². The first-order valence-electron chi connectivity index (χ1n) is 7.65. The second-order valence-corrected chi connectivity index (χ2v) is 6.17. The molecule has 0 radical (unpaired) electrons. The van der Waals surface area contributed by atoms with Gasteiger partial charge >= 0.3 is 5.97 Å². The minimum atomic E-state index is -0.930. The van der Waals surface area contributed by atoms with Gasteiger partial charge in [-0.05, 0) is 36.2 Å². The Morgan fingerprint density at radius 2 is 1.88 bits per heavy atom. The van der Waals surface area contributed by atoms with Crippen molar-refractivity contribution in [3.63, 3.8) is 0 Å². The topological polar surface area (TPSA) is 58.6 Å². The number of halogens is 2. The van der Waals surface area contributed by atoms with E-state index in [9.17, 15) is 4.79 Å². The van der Waals surface area contributed by atoms with Gasteiger partial charge in [0.05, 0.1) is 17.2 Å². The molecular weight excluding hydrogens is 349 g/mol. The summed E-state index contributed by atoms with van der Waals surface area (Å²) in [5.74, 6) is -0.280. The molecule has 0 heterocycles. The van der Waals surface area contributed by atoms with Gasteiger partial charge in [-0.25, -0.2) is 4.79 Å². The highest BCUT2D eigenvalue weighted by molar-refractivity contribution is 6.35. The Labute approximate surface area is 151 Å². The Morgan fingerprint density at radius 3 is 2.50 bits per heavy atom. The highest BCUT2D eigenvalue weighted by Crippen LogP contribution is 2.32. The molecule has 0 aliphatic rings. The fourth-order valence-electron chi connectivity index (χ4n) is 2.22. The van der Waals surface area contributed by atoms with Crippen LogP contribution in [0, 0.1) is 0 Å². The maximum absolute atomic E-state index is 10.8. The Bertz CT molecular complexity index is 702. The zero-order chi connectivity index (χ0) is 17.5. The van der Waals surface area contributed by atoms with Crippen molar-refractivity contribution in [2.24, 2.45) is 0 Å². The minimum Gasteiger partial charge on any atom is -0.492 e. The molecule has 2 aromatic rings. The first kappa shape index (κ1) is 18.6. The molecule has 6 heteroatoms. The number of rotatable bonds is 8. The van der Waals surface area contributed by atoms with Crippen molar-refractivity contribution in [3.8, 4) is 5.75 Å². The molecular formula is C18H19Cl2NO3. The molecule has 4 nitrogen and oxygen atoms in total. The van der Waals surface area contributed by atoms with Gasteiger partial charge in [0, 0.05) is 23.7 Å². The molecule has 0 aliphatic heterocycles. The molecule has 0 amide bonds. The van der Waals surface area contributed by atoms with Crippen LogP contribution in [0.2, 0.25) is 10.0 Å². The van der Waals surface area contributed by atoms with Crippen molar-refractivity contribution in [3.05, 3.63) is 63.1 Å². The van der Waals surface area contributed by atoms with Gasteiger partial charge in [0.15, 0.2) is 0 Å². The molecule has 128 valence electrons. The SMILES string of the molecule is CCCOc1c(Cl)cc(Cl)cc1CNCc1ccc(C(=O)O)cc1. The van der Waals surface area contributed by atoms with Crippen LogP contribution in [0.25, 0.3) is 0 Å². The van der Waals surface area contributed by atoms with E-state index < -0.39 is 5.97 Å². The van der Waals surface area contributed by atoms with Crippen molar-refractivity contribution in [1.82, 2.24) is 5.32 Å². The van der Waals surface area contributed by atoms with Gasteiger partial charge < -0.3 is 15.2 Å². The number of carbonyl (C=O) groups is 1. The lowest BCUT2D eigenvalue weighted by molar-refractivity contribution is 0.0697. The maximum Gasteiger partial charge on any atom is 0.335 e. The lowest BCUT2D eigenvalue weighted by Gasteiger charge is -2.14. The van der Waals surface area contributed by atoms with Crippen LogP contribution in [-0.2, 0) is 13.1 Å². The Morgan fingerprint density at radius 1 is 1.17 bits per heavy atom. The van der Waals surface area contributed by atoms with Crippen LogP contribution in [0.1, 0.15) is 34.8 Å². The lowest BCUT2D eigenvalue weighted by atomic mass is 10.1. The molecule has 0 unspecified atom stereocenters. The van der Waals surface area contributed by atoms with Crippen LogP contribution in [0.15, 0.2) is 36.4 Å². The monoisotopic (exact) mass is 367 g/mol. The summed E-state index contributed by atoms with van der Waals surface area (Å²) in [5.41, 5.74) is 2.16. The standard InChI is InChI=1S/C18H19Cl2NO3/c1-2-7-24-17-14(8-15(19)9-16(17)20)11-21-10-12-3-5-13(6-4-12)18(22)23/h3-6,8-9,21H,2,7,10-11H2,1H3,(H,22,23). The summed E-state index contributed by atoms with van der Waals surface area (Å²) in [6, 6.07) is 10.3. The number of ether oxygens (including phenoxy) is 1. The minimum absolute atomic E-state index is 0.274. The summed E-state index contributed by atoms with van der Waals surface area (Å²) in [6.45, 7) is 3.75. The fraction of sp³-hybridized carbons (Fsp3) is 0.278. The molecule has 2 rings (SSSR count). The highest BCUT2D eigenvalue weighted by Gasteiger charge is 2.10. The molecule has 0 spiro atoms. The third-order valence-corrected chi connectivity index (χ3v) is 3.88. The van der Waals surface area contributed by atoms with E-state index in [1.807, 2.05) is 13.0 Å². The lowest BCUT2D eigenvalue weighted by Crippen LogP contribution is -2.14. The number of aromatic carboxylic acids is 1. The number of nitrogens with one attached hydrogen (secondary N) is 1. The normalized spacial score (nSPS) is 10.6. The molecule has 0 fully saturated rings. The van der Waals surface area contributed by atoms with Crippen LogP contribution < -0.4 is 10.1 Å². The summed E-state index contributed by atoms with van der Waals surface area (Å²) < 4.78 is 5.72. The molecule has 24 heavy (non-hydrogen) atoms. The van der Waals surface area contributed by atoms with E-state index in [0.717, 1.165) is 17.5 Å². The van der Waals surface area contributed by atoms with Gasteiger partial charge in [0.2, 0.25) is 0 Å². The second kappa shape index (κ2) is 8.92. The van der Waals surface area contributed by atoms with E-state index in [1.165, 1.54) is 0 Å². The molecule has 2 aromatic carbocycles. The van der Waals surface area contributed by atoms with Crippen LogP contribution in [0.5, 0.6) is 5.75 Å². The molecule has 0 saturated carbocycles. The smallest absolute Gasteiger partial charge is 0.335 e. The summed E-state index contributed by atoms with van der Waals surface area (Å²) in [4.78, 5) is 10.8. The summed E-state index contributed by atoms with van der Waals surface area (Å²) in [7, 11) is 0. The maximum atomic E-state index is 10.8. The van der Waals surface area contributed by atoms with Gasteiger partial charge in [-0.15, -0.1) is 0 Å². The zero-order valence-electron chi connectivity index (χ0n) is 13.3. The first-order valence-corrected chi connectivity index (χ1v) is 8.40. The second-order valence-electron chi connectivity index (χ2n) is 5.33. The van der Waals surface area contributed by atoms with E-state index >= 15 is 0 Å². The van der Waals surface area contributed by atoms with Gasteiger partial charge in [-0.3, -0.25) is 0 Å². The number of hydrogen-bond acceptors (Lipinski definition) is 3. The number of benzene rings is 2. The molecule has 2 N–H and O–H groups in total. The predicted octanol–water partition coefficient (Wildman–Crippen LogP) is 4.77. The van der Waals surface area contributed by atoms with Crippen LogP contribution in [-0.4, -0.2) is 17.7 Å². The Kier molecular flexibility index (Phi) is 6.91. The van der Waals surface area contributed by atoms with Crippen molar-refractivity contribution in [1.29, 1.82) is 0 Å². The van der Waals surface area contributed by atoms with E-state index in [2.05, 4.69) is 5.32 Å². The van der Waals surface area contributed by atoms with Crippen LogP contribution in [0.4, 0.5) is 0 Å². The molecule has 0 aliphatic carbocycles. The molecule has 0 aromatic heterocycles. The van der Waals surface area contributed by atoms with E-state index in [-0.39, 0.29) is 5.56 Å². The number of carboxylic acid groups (broad SMARTS) is 1. The van der Waals surface area contributed by atoms with Crippen LogP contribution >= 0.6 is 23.2 Å². The van der Waals surface area contributed by atoms with Gasteiger partial charge in [0.25, 0.3) is 0 Å². The van der Waals surface area contributed by atoms with Crippen LogP contribution in [0.3, 0.4) is 0 Å². The number of hydrogen-bond donors (Lipinski definition) is 2. The van der Waals surface area contributed by atoms with Gasteiger partial charge in [-0.1, -0.05) is 42.3 Å². The summed E-state index contributed by atoms with van der Waals surface area (Å²) >= 11 is 12.3. The summed E-state index contributed by atoms with van der Waals surface area (Å²) in [5, 5.41) is 13.3. The van der Waals surface area contributed by atoms with Crippen molar-refractivity contribution < 1.29 is 14.6 Å². The first-order chi connectivity index (χ1) is 11.5. The third kappa shape index (κ3) is 5.13. The van der Waals surface area contributed by atoms with E-state index in [0.29, 0.717) is 35.5 Å². The highest BCUT2D eigenvalue weighted by atomic mass is 35.5. The molecule has 0 atom stereocenters. The predicted molar refractivity (Wildman–Crippen MR) is 96.2 cm³/mol. The quantitative estimate of drug-likeness (QED) is 0.705. The van der Waals surface area contributed by atoms with Crippen molar-refractivity contribution >= 4 is 29.2 Å². The average molecular weight is 368 g/mol. The zero-order valence-corrected chi connectivity index (χ0v) is 14.8.